The maximum Gasteiger partial charge on any atom is 0.342 e. The highest BCUT2D eigenvalue weighted by atomic mass is 16.5. The lowest BCUT2D eigenvalue weighted by molar-refractivity contribution is 0.0233. The molecule has 1 heterocycles. The number of hydrogen-bond donors (Lipinski definition) is 0. The first-order chi connectivity index (χ1) is 9.70. The van der Waals surface area contributed by atoms with Gasteiger partial charge in [0.05, 0.1) is 7.11 Å². The normalized spacial score (nSPS) is 17.5. The van der Waals surface area contributed by atoms with E-state index in [2.05, 4.69) is 4.90 Å². The summed E-state index contributed by atoms with van der Waals surface area (Å²) in [6, 6.07) is 7.15. The molecule has 1 saturated heterocycles. The predicted molar refractivity (Wildman–Crippen MR) is 78.2 cm³/mol. The zero-order valence-corrected chi connectivity index (χ0v) is 12.3. The molecule has 110 valence electrons. The van der Waals surface area contributed by atoms with Crippen LogP contribution < -0.4 is 4.74 Å². The largest absolute Gasteiger partial charge is 0.496 e. The maximum absolute atomic E-state index is 12.2. The standard InChI is InChI=1S/C16H23NO3/c1-13(12-17-10-6-3-7-11-17)20-16(18)14-8-4-5-9-15(14)19-2/h4-5,8-9,13H,3,6-7,10-12H2,1-2H3/t13-/m0/s1. The van der Waals surface area contributed by atoms with Crippen molar-refractivity contribution in [3.8, 4) is 5.75 Å². The maximum atomic E-state index is 12.2. The van der Waals surface area contributed by atoms with E-state index in [-0.39, 0.29) is 12.1 Å². The molecule has 0 N–H and O–H groups in total. The summed E-state index contributed by atoms with van der Waals surface area (Å²) >= 11 is 0. The summed E-state index contributed by atoms with van der Waals surface area (Å²) in [6.07, 6.45) is 3.69. The highest BCUT2D eigenvalue weighted by molar-refractivity contribution is 5.92. The van der Waals surface area contributed by atoms with Crippen LogP contribution in [0.15, 0.2) is 24.3 Å². The number of hydrogen-bond acceptors (Lipinski definition) is 4. The third kappa shape index (κ3) is 3.97. The van der Waals surface area contributed by atoms with Crippen molar-refractivity contribution in [3.63, 3.8) is 0 Å². The smallest absolute Gasteiger partial charge is 0.342 e. The molecule has 20 heavy (non-hydrogen) atoms. The molecule has 1 aliphatic rings. The summed E-state index contributed by atoms with van der Waals surface area (Å²) in [5.41, 5.74) is 0.487. The molecule has 1 aromatic rings. The van der Waals surface area contributed by atoms with E-state index >= 15 is 0 Å². The number of methoxy groups -OCH3 is 1. The zero-order valence-electron chi connectivity index (χ0n) is 12.3. The molecule has 0 bridgehead atoms. The predicted octanol–water partition coefficient (Wildman–Crippen LogP) is 2.73. The Morgan fingerprint density at radius 2 is 1.95 bits per heavy atom. The highest BCUT2D eigenvalue weighted by Gasteiger charge is 2.19. The lowest BCUT2D eigenvalue weighted by atomic mass is 10.1. The van der Waals surface area contributed by atoms with E-state index in [1.807, 2.05) is 19.1 Å². The van der Waals surface area contributed by atoms with Gasteiger partial charge in [-0.15, -0.1) is 0 Å². The van der Waals surface area contributed by atoms with Gasteiger partial charge in [-0.2, -0.15) is 0 Å². The van der Waals surface area contributed by atoms with E-state index in [4.69, 9.17) is 9.47 Å². The third-order valence-electron chi connectivity index (χ3n) is 3.60. The van der Waals surface area contributed by atoms with Crippen LogP contribution in [-0.2, 0) is 4.74 Å². The fourth-order valence-corrected chi connectivity index (χ4v) is 2.60. The quantitative estimate of drug-likeness (QED) is 0.776. The van der Waals surface area contributed by atoms with Gasteiger partial charge in [-0.05, 0) is 45.0 Å². The number of carbonyl (C=O) groups is 1. The molecule has 4 nitrogen and oxygen atoms in total. The van der Waals surface area contributed by atoms with E-state index in [1.165, 1.54) is 19.3 Å². The van der Waals surface area contributed by atoms with Crippen LogP contribution in [0.25, 0.3) is 0 Å². The summed E-state index contributed by atoms with van der Waals surface area (Å²) in [7, 11) is 1.56. The van der Waals surface area contributed by atoms with Gasteiger partial charge in [-0.1, -0.05) is 18.6 Å². The monoisotopic (exact) mass is 277 g/mol. The number of benzene rings is 1. The van der Waals surface area contributed by atoms with Gasteiger partial charge in [0, 0.05) is 6.54 Å². The Morgan fingerprint density at radius 3 is 2.65 bits per heavy atom. The number of piperidine rings is 1. The van der Waals surface area contributed by atoms with E-state index in [0.29, 0.717) is 11.3 Å². The van der Waals surface area contributed by atoms with Gasteiger partial charge in [-0.3, -0.25) is 4.90 Å². The Bertz CT molecular complexity index is 441. The van der Waals surface area contributed by atoms with Crippen molar-refractivity contribution in [2.75, 3.05) is 26.7 Å². The van der Waals surface area contributed by atoms with Gasteiger partial charge in [0.25, 0.3) is 0 Å². The van der Waals surface area contributed by atoms with Crippen molar-refractivity contribution >= 4 is 5.97 Å². The van der Waals surface area contributed by atoms with Gasteiger partial charge in [0.2, 0.25) is 0 Å². The summed E-state index contributed by atoms with van der Waals surface area (Å²) in [5.74, 6) is 0.245. The molecule has 0 unspecified atom stereocenters. The Hall–Kier alpha value is -1.55. The van der Waals surface area contributed by atoms with E-state index < -0.39 is 0 Å². The van der Waals surface area contributed by atoms with E-state index in [1.54, 1.807) is 19.2 Å². The molecule has 1 fully saturated rings. The zero-order chi connectivity index (χ0) is 14.4. The van der Waals surface area contributed by atoms with Crippen LogP contribution in [-0.4, -0.2) is 43.7 Å². The minimum atomic E-state index is -0.313. The van der Waals surface area contributed by atoms with Gasteiger partial charge in [-0.25, -0.2) is 4.79 Å². The molecule has 0 amide bonds. The number of carbonyl (C=O) groups excluding carboxylic acids is 1. The van der Waals surface area contributed by atoms with Crippen LogP contribution in [0.1, 0.15) is 36.5 Å². The fourth-order valence-electron chi connectivity index (χ4n) is 2.60. The first-order valence-electron chi connectivity index (χ1n) is 7.27. The van der Waals surface area contributed by atoms with Crippen LogP contribution >= 0.6 is 0 Å². The minimum Gasteiger partial charge on any atom is -0.496 e. The Labute approximate surface area is 120 Å². The topological polar surface area (TPSA) is 38.8 Å². The van der Waals surface area contributed by atoms with Gasteiger partial charge in [0.1, 0.15) is 17.4 Å². The Morgan fingerprint density at radius 1 is 1.25 bits per heavy atom. The first-order valence-corrected chi connectivity index (χ1v) is 7.27. The number of esters is 1. The second-order valence-electron chi connectivity index (χ2n) is 5.28. The molecule has 0 aromatic heterocycles. The lowest BCUT2D eigenvalue weighted by Gasteiger charge is -2.28. The molecule has 1 aliphatic heterocycles. The van der Waals surface area contributed by atoms with Crippen LogP contribution in [0.5, 0.6) is 5.75 Å². The Balaban J connectivity index is 1.89. The highest BCUT2D eigenvalue weighted by Crippen LogP contribution is 2.19. The number of para-hydroxylation sites is 1. The third-order valence-corrected chi connectivity index (χ3v) is 3.60. The molecule has 0 aliphatic carbocycles. The Kier molecular flexibility index (Phi) is 5.41. The lowest BCUT2D eigenvalue weighted by Crippen LogP contribution is -2.37. The van der Waals surface area contributed by atoms with Crippen molar-refractivity contribution < 1.29 is 14.3 Å². The summed E-state index contributed by atoms with van der Waals surface area (Å²) in [5, 5.41) is 0. The summed E-state index contributed by atoms with van der Waals surface area (Å²) in [6.45, 7) is 4.97. The molecule has 0 saturated carbocycles. The second kappa shape index (κ2) is 7.29. The van der Waals surface area contributed by atoms with Crippen molar-refractivity contribution in [1.29, 1.82) is 0 Å². The molecular formula is C16H23NO3. The van der Waals surface area contributed by atoms with Gasteiger partial charge in [0.15, 0.2) is 0 Å². The van der Waals surface area contributed by atoms with Crippen LogP contribution in [0.2, 0.25) is 0 Å². The summed E-state index contributed by atoms with van der Waals surface area (Å²) < 4.78 is 10.7. The number of nitrogens with zero attached hydrogens (tertiary/aromatic N) is 1. The summed E-state index contributed by atoms with van der Waals surface area (Å²) in [4.78, 5) is 14.5. The van der Waals surface area contributed by atoms with Crippen LogP contribution in [0.4, 0.5) is 0 Å². The number of ether oxygens (including phenoxy) is 2. The van der Waals surface area contributed by atoms with Crippen molar-refractivity contribution in [2.45, 2.75) is 32.3 Å². The fraction of sp³-hybridized carbons (Fsp3) is 0.562. The molecule has 2 rings (SSSR count). The average Bonchev–Trinajstić information content (AvgIpc) is 2.48. The van der Waals surface area contributed by atoms with Crippen molar-refractivity contribution in [2.24, 2.45) is 0 Å². The first kappa shape index (κ1) is 14.9. The number of likely N-dealkylation sites (tertiary alicyclic amines) is 1. The number of rotatable bonds is 5. The molecule has 0 spiro atoms. The molecule has 4 heteroatoms. The SMILES string of the molecule is COc1ccccc1C(=O)O[C@@H](C)CN1CCCCC1. The minimum absolute atomic E-state index is 0.106. The van der Waals surface area contributed by atoms with Crippen molar-refractivity contribution in [1.82, 2.24) is 4.90 Å². The van der Waals surface area contributed by atoms with E-state index in [0.717, 1.165) is 19.6 Å². The van der Waals surface area contributed by atoms with Crippen LogP contribution in [0, 0.1) is 0 Å². The average molecular weight is 277 g/mol. The molecule has 0 radical (unpaired) electrons. The second-order valence-corrected chi connectivity index (χ2v) is 5.28. The molecule has 1 aromatic carbocycles. The van der Waals surface area contributed by atoms with Gasteiger partial charge < -0.3 is 9.47 Å². The van der Waals surface area contributed by atoms with Gasteiger partial charge >= 0.3 is 5.97 Å². The molecular weight excluding hydrogens is 254 g/mol. The van der Waals surface area contributed by atoms with E-state index in [9.17, 15) is 4.79 Å². The molecule has 1 atom stereocenters. The van der Waals surface area contributed by atoms with Crippen LogP contribution in [0.3, 0.4) is 0 Å². The van der Waals surface area contributed by atoms with Crippen molar-refractivity contribution in [3.05, 3.63) is 29.8 Å².